The van der Waals surface area contributed by atoms with Crippen molar-refractivity contribution in [2.24, 2.45) is 0 Å². The van der Waals surface area contributed by atoms with Gasteiger partial charge >= 0.3 is 6.18 Å². The minimum absolute atomic E-state index is 0.0560. The van der Waals surface area contributed by atoms with E-state index in [1.54, 1.807) is 55.5 Å². The molecule has 0 bridgehead atoms. The fourth-order valence-corrected chi connectivity index (χ4v) is 4.22. The van der Waals surface area contributed by atoms with Gasteiger partial charge in [0.05, 0.1) is 23.3 Å². The second kappa shape index (κ2) is 9.53. The number of nitrogens with zero attached hydrogens (tertiary/aromatic N) is 1. The van der Waals surface area contributed by atoms with Gasteiger partial charge in [0.1, 0.15) is 11.5 Å². The summed E-state index contributed by atoms with van der Waals surface area (Å²) in [5.74, 6) is -1.68. The van der Waals surface area contributed by atoms with Gasteiger partial charge in [-0.25, -0.2) is 0 Å². The van der Waals surface area contributed by atoms with Crippen LogP contribution in [0.15, 0.2) is 78.4 Å². The smallest absolute Gasteiger partial charge is 0.416 e. The number of benzene rings is 3. The normalized spacial score (nSPS) is 17.6. The number of alkyl halides is 3. The van der Waals surface area contributed by atoms with E-state index in [1.165, 1.54) is 0 Å². The lowest BCUT2D eigenvalue weighted by molar-refractivity contribution is -0.137. The summed E-state index contributed by atoms with van der Waals surface area (Å²) in [4.78, 5) is 27.5. The molecule has 3 aromatic carbocycles. The van der Waals surface area contributed by atoms with Crippen LogP contribution in [0.2, 0.25) is 0 Å². The molecule has 1 aliphatic heterocycles. The van der Waals surface area contributed by atoms with Crippen LogP contribution in [-0.2, 0) is 15.8 Å². The highest BCUT2D eigenvalue weighted by molar-refractivity contribution is 6.51. The molecule has 0 aliphatic carbocycles. The van der Waals surface area contributed by atoms with Crippen LogP contribution in [-0.4, -0.2) is 22.9 Å². The molecule has 1 N–H and O–H groups in total. The predicted molar refractivity (Wildman–Crippen MR) is 130 cm³/mol. The quantitative estimate of drug-likeness (QED) is 0.252. The first-order valence-electron chi connectivity index (χ1n) is 11.3. The molecule has 1 amide bonds. The van der Waals surface area contributed by atoms with E-state index in [9.17, 15) is 27.9 Å². The first kappa shape index (κ1) is 25.0. The number of amides is 1. The largest absolute Gasteiger partial charge is 0.507 e. The number of aryl methyl sites for hydroxylation is 1. The molecule has 1 fully saturated rings. The number of hydrogen-bond acceptors (Lipinski definition) is 4. The number of aliphatic hydroxyl groups is 1. The molecule has 36 heavy (non-hydrogen) atoms. The van der Waals surface area contributed by atoms with E-state index < -0.39 is 29.5 Å². The van der Waals surface area contributed by atoms with Gasteiger partial charge in [0.15, 0.2) is 0 Å². The van der Waals surface area contributed by atoms with Crippen LogP contribution in [0.4, 0.5) is 18.9 Å². The number of halogens is 3. The van der Waals surface area contributed by atoms with Crippen LogP contribution in [0.3, 0.4) is 0 Å². The maximum Gasteiger partial charge on any atom is 0.416 e. The van der Waals surface area contributed by atoms with Gasteiger partial charge in [-0.3, -0.25) is 14.5 Å². The molecule has 1 heterocycles. The maximum absolute atomic E-state index is 13.2. The monoisotopic (exact) mass is 495 g/mol. The average molecular weight is 495 g/mol. The van der Waals surface area contributed by atoms with Gasteiger partial charge in [0, 0.05) is 11.3 Å². The van der Waals surface area contributed by atoms with Crippen molar-refractivity contribution < 1.29 is 32.6 Å². The van der Waals surface area contributed by atoms with Gasteiger partial charge in [0.2, 0.25) is 0 Å². The molecule has 186 valence electrons. The number of carbonyl (C=O) groups excluding carboxylic acids is 2. The highest BCUT2D eigenvalue weighted by atomic mass is 19.4. The summed E-state index contributed by atoms with van der Waals surface area (Å²) in [5.41, 5.74) is 0.699. The number of hydrogen-bond donors (Lipinski definition) is 1. The molecule has 8 heteroatoms. The van der Waals surface area contributed by atoms with E-state index in [-0.39, 0.29) is 23.1 Å². The van der Waals surface area contributed by atoms with Crippen molar-refractivity contribution in [2.75, 3.05) is 4.90 Å². The number of anilines is 1. The number of Topliss-reactive ketones (excluding diaryl/α,β-unsaturated/α-hetero) is 1. The van der Waals surface area contributed by atoms with Gasteiger partial charge in [-0.05, 0) is 80.4 Å². The molecule has 0 spiro atoms. The molecule has 4 rings (SSSR count). The van der Waals surface area contributed by atoms with Crippen LogP contribution in [0.5, 0.6) is 5.75 Å². The second-order valence-corrected chi connectivity index (χ2v) is 8.76. The average Bonchev–Trinajstić information content (AvgIpc) is 3.09. The topological polar surface area (TPSA) is 66.8 Å². The third kappa shape index (κ3) is 4.71. The van der Waals surface area contributed by atoms with Crippen molar-refractivity contribution in [3.05, 3.63) is 101 Å². The highest BCUT2D eigenvalue weighted by Crippen LogP contribution is 2.43. The van der Waals surface area contributed by atoms with Crippen molar-refractivity contribution in [3.8, 4) is 5.75 Å². The summed E-state index contributed by atoms with van der Waals surface area (Å²) < 4.78 is 44.9. The lowest BCUT2D eigenvalue weighted by Gasteiger charge is -2.27. The van der Waals surface area contributed by atoms with E-state index in [4.69, 9.17) is 4.74 Å². The number of carbonyl (C=O) groups is 2. The summed E-state index contributed by atoms with van der Waals surface area (Å²) in [6.07, 6.45) is -4.60. The number of aliphatic hydroxyl groups excluding tert-OH is 1. The van der Waals surface area contributed by atoms with Crippen molar-refractivity contribution in [1.29, 1.82) is 0 Å². The predicted octanol–water partition coefficient (Wildman–Crippen LogP) is 6.43. The third-order valence-electron chi connectivity index (χ3n) is 5.90. The fraction of sp³-hybridized carbons (Fsp3) is 0.214. The molecule has 0 saturated carbocycles. The molecule has 0 aromatic heterocycles. The Morgan fingerprint density at radius 2 is 1.56 bits per heavy atom. The Labute approximate surface area is 206 Å². The van der Waals surface area contributed by atoms with Crippen molar-refractivity contribution in [2.45, 2.75) is 39.1 Å². The van der Waals surface area contributed by atoms with Crippen molar-refractivity contribution >= 4 is 23.1 Å². The van der Waals surface area contributed by atoms with Crippen molar-refractivity contribution in [3.63, 3.8) is 0 Å². The van der Waals surface area contributed by atoms with Gasteiger partial charge in [-0.15, -0.1) is 0 Å². The summed E-state index contributed by atoms with van der Waals surface area (Å²) in [7, 11) is 0. The third-order valence-corrected chi connectivity index (χ3v) is 5.90. The first-order chi connectivity index (χ1) is 17.0. The number of ketones is 1. The molecule has 1 atom stereocenters. The molecule has 1 unspecified atom stereocenters. The minimum atomic E-state index is -4.55. The lowest BCUT2D eigenvalue weighted by Crippen LogP contribution is -2.29. The first-order valence-corrected chi connectivity index (χ1v) is 11.3. The van der Waals surface area contributed by atoms with Crippen LogP contribution < -0.4 is 9.64 Å². The summed E-state index contributed by atoms with van der Waals surface area (Å²) in [6, 6.07) is 16.5. The summed E-state index contributed by atoms with van der Waals surface area (Å²) >= 11 is 0. The van der Waals surface area contributed by atoms with Crippen LogP contribution in [0.25, 0.3) is 5.76 Å². The Balaban J connectivity index is 1.86. The number of ether oxygens (including phenoxy) is 1. The van der Waals surface area contributed by atoms with Crippen LogP contribution in [0, 0.1) is 6.92 Å². The fourth-order valence-electron chi connectivity index (χ4n) is 4.22. The molecule has 1 saturated heterocycles. The van der Waals surface area contributed by atoms with Gasteiger partial charge < -0.3 is 9.84 Å². The lowest BCUT2D eigenvalue weighted by atomic mass is 9.92. The zero-order chi connectivity index (χ0) is 26.2. The van der Waals surface area contributed by atoms with E-state index >= 15 is 0 Å². The Bertz CT molecular complexity index is 1330. The van der Waals surface area contributed by atoms with Crippen LogP contribution >= 0.6 is 0 Å². The molecular weight excluding hydrogens is 471 g/mol. The molecule has 0 radical (unpaired) electrons. The molecular formula is C28H24F3NO4. The van der Waals surface area contributed by atoms with E-state index in [0.29, 0.717) is 16.9 Å². The molecule has 5 nitrogen and oxygen atoms in total. The molecule has 1 aliphatic rings. The Morgan fingerprint density at radius 1 is 0.944 bits per heavy atom. The van der Waals surface area contributed by atoms with Crippen LogP contribution in [0.1, 0.15) is 42.1 Å². The second-order valence-electron chi connectivity index (χ2n) is 8.76. The summed E-state index contributed by atoms with van der Waals surface area (Å²) in [6.45, 7) is 5.54. The summed E-state index contributed by atoms with van der Waals surface area (Å²) in [5, 5.41) is 11.2. The SMILES string of the molecule is Cc1ccccc1C1/C(=C(\O)c2ccc(OC(C)C)cc2)C(=O)C(=O)N1c1ccc(C(F)(F)F)cc1. The minimum Gasteiger partial charge on any atom is -0.507 e. The zero-order valence-corrected chi connectivity index (χ0v) is 19.8. The maximum atomic E-state index is 13.2. The van der Waals surface area contributed by atoms with E-state index in [2.05, 4.69) is 0 Å². The van der Waals surface area contributed by atoms with Gasteiger partial charge in [0.25, 0.3) is 11.7 Å². The zero-order valence-electron chi connectivity index (χ0n) is 19.8. The number of rotatable bonds is 5. The highest BCUT2D eigenvalue weighted by Gasteiger charge is 2.47. The molecule has 3 aromatic rings. The van der Waals surface area contributed by atoms with Gasteiger partial charge in [-0.2, -0.15) is 13.2 Å². The standard InChI is InChI=1S/C28H24F3NO4/c1-16(2)36-21-14-8-18(9-15-21)25(33)23-24(22-7-5-4-6-17(22)3)32(27(35)26(23)34)20-12-10-19(11-13-20)28(29,30)31/h4-16,24,33H,1-3H3/b25-23+. The van der Waals surface area contributed by atoms with E-state index in [0.717, 1.165) is 34.7 Å². The van der Waals surface area contributed by atoms with Gasteiger partial charge in [-0.1, -0.05) is 24.3 Å². The van der Waals surface area contributed by atoms with E-state index in [1.807, 2.05) is 13.8 Å². The Kier molecular flexibility index (Phi) is 6.63. The Hall–Kier alpha value is -4.07. The Morgan fingerprint density at radius 3 is 2.11 bits per heavy atom. The van der Waals surface area contributed by atoms with Crippen molar-refractivity contribution in [1.82, 2.24) is 0 Å².